The van der Waals surface area contributed by atoms with Gasteiger partial charge in [-0.2, -0.15) is 0 Å². The number of aromatic carboxylic acids is 2. The Morgan fingerprint density at radius 3 is 1.96 bits per heavy atom. The van der Waals surface area contributed by atoms with Crippen molar-refractivity contribution in [1.29, 1.82) is 0 Å². The summed E-state index contributed by atoms with van der Waals surface area (Å²) in [6.07, 6.45) is 0. The maximum Gasteiger partial charge on any atom is 0.335 e. The van der Waals surface area contributed by atoms with E-state index in [0.717, 1.165) is 27.8 Å². The van der Waals surface area contributed by atoms with Crippen LogP contribution in [0.4, 0.5) is 0 Å². The number of benzene rings is 2. The van der Waals surface area contributed by atoms with Gasteiger partial charge in [0.15, 0.2) is 0 Å². The maximum absolute atomic E-state index is 11.3. The van der Waals surface area contributed by atoms with Gasteiger partial charge in [0.1, 0.15) is 0 Å². The van der Waals surface area contributed by atoms with Gasteiger partial charge in [-0.15, -0.1) is 0 Å². The fraction of sp³-hybridized carbons (Fsp3) is 0.200. The molecule has 122 valence electrons. The predicted octanol–water partition coefficient (Wildman–Crippen LogP) is 4.20. The SMILES string of the molecule is CC1=C(c2ccc(C(=O)O)cc2)c2cc(C(=O)O)ccc2C1(C)C. The molecular formula is C20H18O4. The molecule has 0 radical (unpaired) electrons. The van der Waals surface area contributed by atoms with Crippen molar-refractivity contribution in [3.05, 3.63) is 75.9 Å². The normalized spacial score (nSPS) is 15.3. The zero-order valence-corrected chi connectivity index (χ0v) is 13.8. The molecule has 0 amide bonds. The minimum absolute atomic E-state index is 0.201. The number of hydrogen-bond acceptors (Lipinski definition) is 2. The summed E-state index contributed by atoms with van der Waals surface area (Å²) in [5.41, 5.74) is 5.29. The van der Waals surface area contributed by atoms with E-state index in [2.05, 4.69) is 13.8 Å². The van der Waals surface area contributed by atoms with Crippen molar-refractivity contribution in [2.75, 3.05) is 0 Å². The average Bonchev–Trinajstić information content (AvgIpc) is 2.74. The van der Waals surface area contributed by atoms with Crippen LogP contribution in [0.3, 0.4) is 0 Å². The zero-order chi connectivity index (χ0) is 17.6. The van der Waals surface area contributed by atoms with Crippen LogP contribution in [0.2, 0.25) is 0 Å². The van der Waals surface area contributed by atoms with Crippen LogP contribution in [0.1, 0.15) is 58.2 Å². The Labute approximate surface area is 140 Å². The highest BCUT2D eigenvalue weighted by Crippen LogP contribution is 2.48. The van der Waals surface area contributed by atoms with Crippen molar-refractivity contribution in [2.45, 2.75) is 26.2 Å². The molecule has 0 atom stereocenters. The first-order valence-electron chi connectivity index (χ1n) is 7.66. The molecule has 24 heavy (non-hydrogen) atoms. The van der Waals surface area contributed by atoms with Crippen LogP contribution in [-0.4, -0.2) is 22.2 Å². The molecule has 4 nitrogen and oxygen atoms in total. The molecule has 0 bridgehead atoms. The predicted molar refractivity (Wildman–Crippen MR) is 91.5 cm³/mol. The minimum Gasteiger partial charge on any atom is -0.478 e. The van der Waals surface area contributed by atoms with Crippen LogP contribution >= 0.6 is 0 Å². The molecule has 0 spiro atoms. The van der Waals surface area contributed by atoms with Gasteiger partial charge in [-0.25, -0.2) is 9.59 Å². The molecular weight excluding hydrogens is 304 g/mol. The van der Waals surface area contributed by atoms with Gasteiger partial charge in [-0.1, -0.05) is 37.6 Å². The standard InChI is InChI=1S/C20H18O4/c1-11-17(12-4-6-13(7-5-12)18(21)22)15-10-14(19(23)24)8-9-16(15)20(11,2)3/h4-10H,1-3H3,(H,21,22)(H,23,24). The Hall–Kier alpha value is -2.88. The van der Waals surface area contributed by atoms with E-state index in [0.29, 0.717) is 0 Å². The molecule has 0 saturated carbocycles. The van der Waals surface area contributed by atoms with E-state index < -0.39 is 11.9 Å². The number of carboxylic acid groups (broad SMARTS) is 2. The average molecular weight is 322 g/mol. The largest absolute Gasteiger partial charge is 0.478 e. The second kappa shape index (κ2) is 5.34. The highest BCUT2D eigenvalue weighted by Gasteiger charge is 2.36. The third-order valence-electron chi connectivity index (χ3n) is 4.94. The van der Waals surface area contributed by atoms with Crippen LogP contribution in [0, 0.1) is 0 Å². The van der Waals surface area contributed by atoms with Gasteiger partial charge in [0.25, 0.3) is 0 Å². The van der Waals surface area contributed by atoms with Crippen LogP contribution < -0.4 is 0 Å². The number of allylic oxidation sites excluding steroid dienone is 1. The van der Waals surface area contributed by atoms with Gasteiger partial charge in [-0.05, 0) is 53.5 Å². The van der Waals surface area contributed by atoms with Gasteiger partial charge in [0.2, 0.25) is 0 Å². The highest BCUT2D eigenvalue weighted by atomic mass is 16.4. The molecule has 1 aliphatic carbocycles. The number of carboxylic acids is 2. The topological polar surface area (TPSA) is 74.6 Å². The number of hydrogen-bond donors (Lipinski definition) is 2. The Kier molecular flexibility index (Phi) is 3.56. The third kappa shape index (κ3) is 2.31. The minimum atomic E-state index is -0.965. The Morgan fingerprint density at radius 2 is 1.42 bits per heavy atom. The Morgan fingerprint density at radius 1 is 0.875 bits per heavy atom. The summed E-state index contributed by atoms with van der Waals surface area (Å²) in [5, 5.41) is 18.3. The van der Waals surface area contributed by atoms with E-state index in [1.807, 2.05) is 13.0 Å². The van der Waals surface area contributed by atoms with Crippen LogP contribution in [-0.2, 0) is 5.41 Å². The molecule has 3 rings (SSSR count). The van der Waals surface area contributed by atoms with Crippen molar-refractivity contribution in [2.24, 2.45) is 0 Å². The first-order chi connectivity index (χ1) is 11.2. The van der Waals surface area contributed by atoms with Gasteiger partial charge in [0.05, 0.1) is 11.1 Å². The molecule has 0 heterocycles. The highest BCUT2D eigenvalue weighted by molar-refractivity contribution is 5.95. The van der Waals surface area contributed by atoms with Crippen LogP contribution in [0.25, 0.3) is 5.57 Å². The zero-order valence-electron chi connectivity index (χ0n) is 13.8. The molecule has 0 aromatic heterocycles. The van der Waals surface area contributed by atoms with Crippen molar-refractivity contribution in [3.8, 4) is 0 Å². The van der Waals surface area contributed by atoms with E-state index in [9.17, 15) is 14.7 Å². The molecule has 4 heteroatoms. The molecule has 2 aromatic carbocycles. The van der Waals surface area contributed by atoms with E-state index in [1.165, 1.54) is 0 Å². The molecule has 2 aromatic rings. The summed E-state index contributed by atoms with van der Waals surface area (Å²) in [4.78, 5) is 22.4. The lowest BCUT2D eigenvalue weighted by molar-refractivity contribution is 0.0686. The van der Waals surface area contributed by atoms with Crippen LogP contribution in [0.5, 0.6) is 0 Å². The summed E-state index contributed by atoms with van der Waals surface area (Å²) in [6, 6.07) is 11.9. The molecule has 0 saturated heterocycles. The quantitative estimate of drug-likeness (QED) is 0.888. The lowest BCUT2D eigenvalue weighted by atomic mass is 9.82. The van der Waals surface area contributed by atoms with Crippen molar-refractivity contribution in [3.63, 3.8) is 0 Å². The van der Waals surface area contributed by atoms with Crippen molar-refractivity contribution < 1.29 is 19.8 Å². The van der Waals surface area contributed by atoms with E-state index in [4.69, 9.17) is 5.11 Å². The summed E-state index contributed by atoms with van der Waals surface area (Å²) in [7, 11) is 0. The number of fused-ring (bicyclic) bond motifs is 1. The third-order valence-corrected chi connectivity index (χ3v) is 4.94. The lowest BCUT2D eigenvalue weighted by Gasteiger charge is -2.22. The Bertz CT molecular complexity index is 886. The second-order valence-corrected chi connectivity index (χ2v) is 6.57. The van der Waals surface area contributed by atoms with Crippen molar-refractivity contribution >= 4 is 17.5 Å². The summed E-state index contributed by atoms with van der Waals surface area (Å²) < 4.78 is 0. The molecule has 0 aliphatic heterocycles. The summed E-state index contributed by atoms with van der Waals surface area (Å²) in [6.45, 7) is 6.27. The monoisotopic (exact) mass is 322 g/mol. The smallest absolute Gasteiger partial charge is 0.335 e. The maximum atomic E-state index is 11.3. The number of rotatable bonds is 3. The Balaban J connectivity index is 2.21. The molecule has 1 aliphatic rings. The fourth-order valence-electron chi connectivity index (χ4n) is 3.30. The summed E-state index contributed by atoms with van der Waals surface area (Å²) in [5.74, 6) is -1.92. The van der Waals surface area contributed by atoms with Crippen molar-refractivity contribution in [1.82, 2.24) is 0 Å². The fourth-order valence-corrected chi connectivity index (χ4v) is 3.30. The molecule has 2 N–H and O–H groups in total. The van der Waals surface area contributed by atoms with Gasteiger partial charge < -0.3 is 10.2 Å². The van der Waals surface area contributed by atoms with Gasteiger partial charge in [-0.3, -0.25) is 0 Å². The van der Waals surface area contributed by atoms with E-state index >= 15 is 0 Å². The van der Waals surface area contributed by atoms with E-state index in [-0.39, 0.29) is 16.5 Å². The molecule has 0 unspecified atom stereocenters. The lowest BCUT2D eigenvalue weighted by Crippen LogP contribution is -2.15. The molecule has 0 fully saturated rings. The van der Waals surface area contributed by atoms with Crippen LogP contribution in [0.15, 0.2) is 48.0 Å². The van der Waals surface area contributed by atoms with Gasteiger partial charge in [0, 0.05) is 5.41 Å². The first-order valence-corrected chi connectivity index (χ1v) is 7.66. The van der Waals surface area contributed by atoms with Gasteiger partial charge >= 0.3 is 11.9 Å². The summed E-state index contributed by atoms with van der Waals surface area (Å²) >= 11 is 0. The van der Waals surface area contributed by atoms with E-state index in [1.54, 1.807) is 36.4 Å². The number of carbonyl (C=O) groups is 2. The first kappa shape index (κ1) is 16.0. The second-order valence-electron chi connectivity index (χ2n) is 6.57.